The van der Waals surface area contributed by atoms with E-state index < -0.39 is 24.3 Å². The van der Waals surface area contributed by atoms with E-state index in [9.17, 15) is 14.3 Å². The molecule has 38 heavy (non-hydrogen) atoms. The van der Waals surface area contributed by atoms with Gasteiger partial charge in [-0.15, -0.1) is 5.10 Å². The first kappa shape index (κ1) is 24.4. The number of tetrazole rings is 1. The van der Waals surface area contributed by atoms with Gasteiger partial charge in [-0.05, 0) is 59.1 Å². The molecule has 1 amide bonds. The smallest absolute Gasteiger partial charge is 0.247 e. The van der Waals surface area contributed by atoms with E-state index in [2.05, 4.69) is 30.5 Å². The molecule has 14 heteroatoms. The highest BCUT2D eigenvalue weighted by atomic mass is 35.5. The largest absolute Gasteiger partial charge is 0.390 e. The summed E-state index contributed by atoms with van der Waals surface area (Å²) in [6.07, 6.45) is 5.66. The Balaban J connectivity index is 1.35. The second-order valence-electron chi connectivity index (χ2n) is 9.04. The fourth-order valence-electron chi connectivity index (χ4n) is 5.25. The predicted octanol–water partition coefficient (Wildman–Crippen LogP) is 2.18. The topological polar surface area (TPSA) is 126 Å². The zero-order valence-electron chi connectivity index (χ0n) is 19.6. The number of aliphatic hydroxyl groups excluding tert-OH is 1. The van der Waals surface area contributed by atoms with E-state index in [4.69, 9.17) is 19.4 Å². The van der Waals surface area contributed by atoms with Gasteiger partial charge in [0, 0.05) is 29.4 Å². The fourth-order valence-corrected chi connectivity index (χ4v) is 5.41. The van der Waals surface area contributed by atoms with E-state index in [0.29, 0.717) is 36.3 Å². The van der Waals surface area contributed by atoms with Crippen LogP contribution in [0.1, 0.15) is 42.4 Å². The van der Waals surface area contributed by atoms with Crippen molar-refractivity contribution in [3.8, 4) is 16.9 Å². The summed E-state index contributed by atoms with van der Waals surface area (Å²) in [5.74, 6) is -1.29. The number of H-pyrrole nitrogens is 1. The highest BCUT2D eigenvalue weighted by Gasteiger charge is 2.42. The first-order valence-electron chi connectivity index (χ1n) is 11.7. The van der Waals surface area contributed by atoms with Crippen molar-refractivity contribution < 1.29 is 18.7 Å². The molecule has 3 aromatic heterocycles. The first-order chi connectivity index (χ1) is 18.4. The van der Waals surface area contributed by atoms with Gasteiger partial charge in [-0.2, -0.15) is 4.68 Å². The minimum atomic E-state index is -0.715. The highest BCUT2D eigenvalue weighted by molar-refractivity contribution is 6.34. The molecule has 6 rings (SSSR count). The number of nitrogens with one attached hydrogen (secondary N) is 1. The monoisotopic (exact) mass is 534 g/mol. The third-order valence-electron chi connectivity index (χ3n) is 6.93. The van der Waals surface area contributed by atoms with Crippen LogP contribution < -0.4 is 5.59 Å². The molecular formula is C24H18BClF2N8O2. The maximum atomic E-state index is 15.3. The molecule has 190 valence electrons. The maximum absolute atomic E-state index is 15.3. The minimum Gasteiger partial charge on any atom is -0.390 e. The molecule has 0 saturated carbocycles. The fraction of sp³-hybridized carbons (Fsp3) is 0.250. The second-order valence-corrected chi connectivity index (χ2v) is 9.44. The van der Waals surface area contributed by atoms with Gasteiger partial charge in [-0.1, -0.05) is 11.6 Å². The Morgan fingerprint density at radius 2 is 2.05 bits per heavy atom. The summed E-state index contributed by atoms with van der Waals surface area (Å²) in [4.78, 5) is 26.4. The highest BCUT2D eigenvalue weighted by Crippen LogP contribution is 2.44. The molecule has 10 nitrogen and oxygen atoms in total. The Hall–Kier alpha value is -3.97. The summed E-state index contributed by atoms with van der Waals surface area (Å²) in [6, 6.07) is 3.76. The lowest BCUT2D eigenvalue weighted by Crippen LogP contribution is -2.39. The number of aromatic amines is 1. The summed E-state index contributed by atoms with van der Waals surface area (Å²) in [6.45, 7) is -0.569. The summed E-state index contributed by atoms with van der Waals surface area (Å²) in [5.41, 5.74) is 1.29. The minimum absolute atomic E-state index is 0.0804. The number of fused-ring (bicyclic) bond motifs is 1. The number of hydrogen-bond acceptors (Lipinski definition) is 7. The molecule has 0 aliphatic carbocycles. The molecule has 5 heterocycles. The SMILES string of the molecule is [B]c1[nH]c([C@@H]2CC[C@@H]3CC(c4c(-n5cnnn5)ccc(Cl)c4F)=CC(=O)N32)nc1-c1ccnc(CO)c1F. The van der Waals surface area contributed by atoms with E-state index in [-0.39, 0.29) is 45.1 Å². The summed E-state index contributed by atoms with van der Waals surface area (Å²) in [7, 11) is 6.14. The average Bonchev–Trinajstić information content (AvgIpc) is 3.66. The van der Waals surface area contributed by atoms with E-state index in [1.165, 1.54) is 35.4 Å². The van der Waals surface area contributed by atoms with Gasteiger partial charge in [0.15, 0.2) is 11.6 Å². The molecule has 2 aliphatic heterocycles. The molecule has 2 radical (unpaired) electrons. The van der Waals surface area contributed by atoms with Crippen LogP contribution in [-0.2, 0) is 11.4 Å². The van der Waals surface area contributed by atoms with E-state index >= 15 is 4.39 Å². The second kappa shape index (κ2) is 9.41. The molecular weight excluding hydrogens is 517 g/mol. The van der Waals surface area contributed by atoms with Crippen molar-refractivity contribution in [2.24, 2.45) is 0 Å². The number of hydrogen-bond donors (Lipinski definition) is 2. The van der Waals surface area contributed by atoms with Crippen LogP contribution in [0.3, 0.4) is 0 Å². The summed E-state index contributed by atoms with van der Waals surface area (Å²) in [5, 5.41) is 20.4. The standard InChI is InChI=1S/C24H18BClF2N8O2/c25-23-22(13-5-6-29-15(9-37)20(13)27)31-24(32-23)17-3-1-12-7-11(8-18(38)36(12)17)19-16(35-10-30-33-34-35)4-2-14(26)21(19)28/h2,4-6,8,10,12,17,37H,1,3,7,9H2,(H,31,32)/t12-,17+/m1/s1. The molecule has 0 spiro atoms. The molecule has 1 saturated heterocycles. The predicted molar refractivity (Wildman–Crippen MR) is 132 cm³/mol. The average molecular weight is 535 g/mol. The third kappa shape index (κ3) is 3.89. The number of aromatic nitrogens is 7. The van der Waals surface area contributed by atoms with E-state index in [1.54, 1.807) is 11.0 Å². The Labute approximate surface area is 220 Å². The summed E-state index contributed by atoms with van der Waals surface area (Å²) >= 11 is 6.09. The number of benzene rings is 1. The van der Waals surface area contributed by atoms with Crippen molar-refractivity contribution in [2.75, 3.05) is 0 Å². The van der Waals surface area contributed by atoms with Gasteiger partial charge >= 0.3 is 0 Å². The van der Waals surface area contributed by atoms with Crippen LogP contribution in [0.15, 0.2) is 36.8 Å². The number of pyridine rings is 1. The lowest BCUT2D eigenvalue weighted by molar-refractivity contribution is -0.129. The Morgan fingerprint density at radius 1 is 1.21 bits per heavy atom. The van der Waals surface area contributed by atoms with Crippen molar-refractivity contribution in [1.29, 1.82) is 0 Å². The molecule has 2 aliphatic rings. The number of halogens is 3. The number of aliphatic hydroxyl groups is 1. The zero-order valence-corrected chi connectivity index (χ0v) is 20.4. The van der Waals surface area contributed by atoms with Crippen LogP contribution in [0, 0.1) is 11.6 Å². The quantitative estimate of drug-likeness (QED) is 0.376. The normalized spacial score (nSPS) is 19.1. The number of carbonyl (C=O) groups excluding carboxylic acids is 1. The maximum Gasteiger partial charge on any atom is 0.247 e. The Morgan fingerprint density at radius 3 is 2.82 bits per heavy atom. The number of rotatable bonds is 5. The van der Waals surface area contributed by atoms with Crippen molar-refractivity contribution in [3.05, 3.63) is 70.5 Å². The Bertz CT molecular complexity index is 1590. The molecule has 2 N–H and O–H groups in total. The first-order valence-corrected chi connectivity index (χ1v) is 12.1. The van der Waals surface area contributed by atoms with Crippen LogP contribution in [0.5, 0.6) is 0 Å². The lowest BCUT2D eigenvalue weighted by Gasteiger charge is -2.33. The number of nitrogens with zero attached hydrogens (tertiary/aromatic N) is 7. The van der Waals surface area contributed by atoms with Crippen LogP contribution in [0.4, 0.5) is 8.78 Å². The van der Waals surface area contributed by atoms with Gasteiger partial charge < -0.3 is 15.0 Å². The molecule has 0 unspecified atom stereocenters. The van der Waals surface area contributed by atoms with Crippen molar-refractivity contribution in [1.82, 2.24) is 40.1 Å². The van der Waals surface area contributed by atoms with E-state index in [0.717, 1.165) is 0 Å². The van der Waals surface area contributed by atoms with Gasteiger partial charge in [-0.3, -0.25) is 9.78 Å². The Kier molecular flexibility index (Phi) is 6.03. The van der Waals surface area contributed by atoms with Crippen LogP contribution in [0.2, 0.25) is 5.02 Å². The molecule has 1 fully saturated rings. The molecule has 1 aromatic carbocycles. The van der Waals surface area contributed by atoms with Gasteiger partial charge in [0.2, 0.25) is 5.91 Å². The van der Waals surface area contributed by atoms with Crippen LogP contribution in [-0.4, -0.2) is 65.0 Å². The lowest BCUT2D eigenvalue weighted by atomic mass is 9.92. The van der Waals surface area contributed by atoms with Crippen LogP contribution >= 0.6 is 11.6 Å². The van der Waals surface area contributed by atoms with Crippen LogP contribution in [0.25, 0.3) is 22.5 Å². The number of imidazole rings is 1. The van der Waals surface area contributed by atoms with Gasteiger partial charge in [0.1, 0.15) is 25.7 Å². The number of carbonyl (C=O) groups is 1. The summed E-state index contributed by atoms with van der Waals surface area (Å²) < 4.78 is 31.4. The van der Waals surface area contributed by atoms with Crippen molar-refractivity contribution in [2.45, 2.75) is 38.0 Å². The van der Waals surface area contributed by atoms with E-state index in [1.807, 2.05) is 0 Å². The molecule has 4 aromatic rings. The van der Waals surface area contributed by atoms with Crippen molar-refractivity contribution >= 4 is 36.5 Å². The van der Waals surface area contributed by atoms with Gasteiger partial charge in [0.25, 0.3) is 0 Å². The van der Waals surface area contributed by atoms with Gasteiger partial charge in [-0.25, -0.2) is 13.8 Å². The zero-order chi connectivity index (χ0) is 26.6. The van der Waals surface area contributed by atoms with Crippen molar-refractivity contribution in [3.63, 3.8) is 0 Å². The van der Waals surface area contributed by atoms with Gasteiger partial charge in [0.05, 0.1) is 29.1 Å². The molecule has 2 atom stereocenters. The molecule has 0 bridgehead atoms. The third-order valence-corrected chi connectivity index (χ3v) is 7.22. The number of amides is 1.